The summed E-state index contributed by atoms with van der Waals surface area (Å²) >= 11 is 0. The third-order valence-corrected chi connectivity index (χ3v) is 4.61. The topological polar surface area (TPSA) is 66.5 Å². The Labute approximate surface area is 83.4 Å². The molecule has 0 spiro atoms. The zero-order valence-corrected chi connectivity index (χ0v) is 8.88. The maximum absolute atomic E-state index is 11.5. The Hall–Kier alpha value is -0.620. The van der Waals surface area contributed by atoms with E-state index in [0.29, 0.717) is 13.0 Å². The van der Waals surface area contributed by atoms with Gasteiger partial charge < -0.3 is 4.90 Å². The molecule has 1 N–H and O–H groups in total. The van der Waals surface area contributed by atoms with Crippen molar-refractivity contribution in [2.45, 2.75) is 25.6 Å². The lowest BCUT2D eigenvalue weighted by Crippen LogP contribution is -2.43. The van der Waals surface area contributed by atoms with Crippen molar-refractivity contribution in [1.29, 1.82) is 0 Å². The van der Waals surface area contributed by atoms with Gasteiger partial charge in [0.15, 0.2) is 9.84 Å². The molecule has 5 nitrogen and oxygen atoms in total. The minimum atomic E-state index is -2.90. The van der Waals surface area contributed by atoms with Crippen LogP contribution < -0.4 is 5.32 Å². The summed E-state index contributed by atoms with van der Waals surface area (Å²) in [5, 5.41) is 3.01. The predicted octanol–water partition coefficient (Wildman–Crippen LogP) is -1.05. The quantitative estimate of drug-likeness (QED) is 0.610. The fourth-order valence-electron chi connectivity index (χ4n) is 2.16. The molecule has 2 aliphatic heterocycles. The average molecular weight is 218 g/mol. The molecule has 0 aliphatic carbocycles. The third-order valence-electron chi connectivity index (χ3n) is 2.86. The molecule has 80 valence electrons. The zero-order valence-electron chi connectivity index (χ0n) is 8.06. The van der Waals surface area contributed by atoms with Crippen LogP contribution in [0.15, 0.2) is 0 Å². The summed E-state index contributed by atoms with van der Waals surface area (Å²) in [5.74, 6) is 0.360. The van der Waals surface area contributed by atoms with Crippen molar-refractivity contribution in [2.24, 2.45) is 0 Å². The highest BCUT2D eigenvalue weighted by molar-refractivity contribution is 7.91. The van der Waals surface area contributed by atoms with Gasteiger partial charge in [0.25, 0.3) is 0 Å². The Morgan fingerprint density at radius 1 is 1.50 bits per heavy atom. The maximum Gasteiger partial charge on any atom is 0.238 e. The second-order valence-electron chi connectivity index (χ2n) is 3.91. The molecule has 0 aromatic rings. The first-order valence-electron chi connectivity index (χ1n) is 4.74. The Morgan fingerprint density at radius 2 is 2.21 bits per heavy atom. The summed E-state index contributed by atoms with van der Waals surface area (Å²) in [4.78, 5) is 13.1. The number of sulfone groups is 1. The van der Waals surface area contributed by atoms with Gasteiger partial charge in [-0.1, -0.05) is 0 Å². The number of hydrogen-bond acceptors (Lipinski definition) is 4. The molecule has 2 saturated heterocycles. The molecule has 0 saturated carbocycles. The number of nitrogens with one attached hydrogen (secondary N) is 1. The van der Waals surface area contributed by atoms with Gasteiger partial charge in [0.05, 0.1) is 24.2 Å². The third kappa shape index (κ3) is 1.64. The van der Waals surface area contributed by atoms with Crippen LogP contribution in [0.5, 0.6) is 0 Å². The molecule has 2 heterocycles. The summed E-state index contributed by atoms with van der Waals surface area (Å²) in [6.07, 6.45) is 0.556. The van der Waals surface area contributed by atoms with Crippen molar-refractivity contribution in [1.82, 2.24) is 10.2 Å². The molecule has 2 rings (SSSR count). The molecule has 6 heteroatoms. The monoisotopic (exact) mass is 218 g/mol. The van der Waals surface area contributed by atoms with Crippen LogP contribution in [-0.4, -0.2) is 49.5 Å². The van der Waals surface area contributed by atoms with Crippen LogP contribution in [0.25, 0.3) is 0 Å². The average Bonchev–Trinajstić information content (AvgIpc) is 2.56. The molecular formula is C8H14N2O3S. The van der Waals surface area contributed by atoms with Crippen molar-refractivity contribution in [3.05, 3.63) is 0 Å². The van der Waals surface area contributed by atoms with E-state index in [2.05, 4.69) is 5.32 Å². The number of amides is 1. The molecule has 14 heavy (non-hydrogen) atoms. The van der Waals surface area contributed by atoms with Gasteiger partial charge in [0.1, 0.15) is 0 Å². The van der Waals surface area contributed by atoms with Crippen LogP contribution in [0, 0.1) is 0 Å². The predicted molar refractivity (Wildman–Crippen MR) is 51.4 cm³/mol. The highest BCUT2D eigenvalue weighted by Crippen LogP contribution is 2.21. The molecule has 2 aliphatic rings. The molecule has 0 aromatic carbocycles. The van der Waals surface area contributed by atoms with Crippen molar-refractivity contribution < 1.29 is 13.2 Å². The smallest absolute Gasteiger partial charge is 0.238 e. The van der Waals surface area contributed by atoms with E-state index in [1.54, 1.807) is 4.90 Å². The van der Waals surface area contributed by atoms with E-state index in [9.17, 15) is 13.2 Å². The van der Waals surface area contributed by atoms with Gasteiger partial charge in [-0.05, 0) is 13.3 Å². The van der Waals surface area contributed by atoms with Crippen molar-refractivity contribution in [3.8, 4) is 0 Å². The molecule has 1 amide bonds. The second-order valence-corrected chi connectivity index (χ2v) is 6.14. The second kappa shape index (κ2) is 3.20. The Morgan fingerprint density at radius 3 is 2.64 bits per heavy atom. The highest BCUT2D eigenvalue weighted by atomic mass is 32.2. The van der Waals surface area contributed by atoms with Gasteiger partial charge in [0, 0.05) is 6.04 Å². The van der Waals surface area contributed by atoms with Crippen molar-refractivity contribution >= 4 is 15.7 Å². The van der Waals surface area contributed by atoms with Gasteiger partial charge in [-0.25, -0.2) is 8.42 Å². The number of carbonyl (C=O) groups is 1. The van der Waals surface area contributed by atoms with Gasteiger partial charge in [-0.15, -0.1) is 0 Å². The Balaban J connectivity index is 2.13. The largest absolute Gasteiger partial charge is 0.322 e. The normalized spacial score (nSPS) is 36.6. The minimum Gasteiger partial charge on any atom is -0.322 e. The summed E-state index contributed by atoms with van der Waals surface area (Å²) < 4.78 is 22.5. The van der Waals surface area contributed by atoms with Crippen molar-refractivity contribution in [2.75, 3.05) is 18.1 Å². The number of hydrogen-bond donors (Lipinski definition) is 1. The molecule has 0 bridgehead atoms. The maximum atomic E-state index is 11.5. The van der Waals surface area contributed by atoms with Crippen LogP contribution in [-0.2, 0) is 14.6 Å². The number of rotatable bonds is 1. The van der Waals surface area contributed by atoms with Crippen LogP contribution in [0.4, 0.5) is 0 Å². The summed E-state index contributed by atoms with van der Waals surface area (Å²) in [6, 6.07) is -0.113. The first-order chi connectivity index (χ1) is 6.49. The standard InChI is InChI=1S/C8H14N2O3S/c1-6-9-4-8(11)10(6)7-2-3-14(12,13)5-7/h6-7,9H,2-5H2,1H3. The number of nitrogens with zero attached hydrogens (tertiary/aromatic N) is 1. The lowest BCUT2D eigenvalue weighted by Gasteiger charge is -2.26. The lowest BCUT2D eigenvalue weighted by molar-refractivity contribution is -0.129. The SMILES string of the molecule is CC1NCC(=O)N1C1CCS(=O)(=O)C1. The summed E-state index contributed by atoms with van der Waals surface area (Å²) in [5.41, 5.74) is 0. The Bertz CT molecular complexity index is 352. The van der Waals surface area contributed by atoms with E-state index in [1.807, 2.05) is 6.92 Å². The van der Waals surface area contributed by atoms with E-state index in [4.69, 9.17) is 0 Å². The molecule has 2 atom stereocenters. The van der Waals surface area contributed by atoms with E-state index in [0.717, 1.165) is 0 Å². The minimum absolute atomic E-state index is 0.0135. The molecule has 0 radical (unpaired) electrons. The first-order valence-corrected chi connectivity index (χ1v) is 6.57. The summed E-state index contributed by atoms with van der Waals surface area (Å²) in [6.45, 7) is 2.22. The molecule has 2 fully saturated rings. The van der Waals surface area contributed by atoms with Crippen LogP contribution in [0.3, 0.4) is 0 Å². The molecule has 2 unspecified atom stereocenters. The number of carbonyl (C=O) groups excluding carboxylic acids is 1. The van der Waals surface area contributed by atoms with Gasteiger partial charge >= 0.3 is 0 Å². The van der Waals surface area contributed by atoms with E-state index in [-0.39, 0.29) is 29.6 Å². The van der Waals surface area contributed by atoms with Gasteiger partial charge in [0.2, 0.25) is 5.91 Å². The van der Waals surface area contributed by atoms with Crippen LogP contribution in [0.1, 0.15) is 13.3 Å². The first kappa shape index (κ1) is 9.92. The van der Waals surface area contributed by atoms with Crippen molar-refractivity contribution in [3.63, 3.8) is 0 Å². The van der Waals surface area contributed by atoms with Crippen LogP contribution in [0.2, 0.25) is 0 Å². The zero-order chi connectivity index (χ0) is 10.3. The van der Waals surface area contributed by atoms with E-state index in [1.165, 1.54) is 0 Å². The van der Waals surface area contributed by atoms with Crippen LogP contribution >= 0.6 is 0 Å². The van der Waals surface area contributed by atoms with E-state index >= 15 is 0 Å². The molecule has 0 aromatic heterocycles. The Kier molecular flexibility index (Phi) is 2.27. The lowest BCUT2D eigenvalue weighted by atomic mass is 10.2. The highest BCUT2D eigenvalue weighted by Gasteiger charge is 2.39. The van der Waals surface area contributed by atoms with Gasteiger partial charge in [-0.2, -0.15) is 0 Å². The fraction of sp³-hybridized carbons (Fsp3) is 0.875. The van der Waals surface area contributed by atoms with E-state index < -0.39 is 9.84 Å². The molecular weight excluding hydrogens is 204 g/mol. The summed E-state index contributed by atoms with van der Waals surface area (Å²) in [7, 11) is -2.90. The fourth-order valence-corrected chi connectivity index (χ4v) is 3.87. The van der Waals surface area contributed by atoms with Gasteiger partial charge in [-0.3, -0.25) is 10.1 Å².